The lowest BCUT2D eigenvalue weighted by Gasteiger charge is -2.25. The topological polar surface area (TPSA) is 72.6 Å². The van der Waals surface area contributed by atoms with Gasteiger partial charge < -0.3 is 15.6 Å². The van der Waals surface area contributed by atoms with Crippen molar-refractivity contribution in [3.8, 4) is 0 Å². The molecule has 0 aromatic heterocycles. The van der Waals surface area contributed by atoms with Crippen molar-refractivity contribution in [2.75, 3.05) is 18.9 Å². The Morgan fingerprint density at radius 3 is 2.58 bits per heavy atom. The van der Waals surface area contributed by atoms with Crippen LogP contribution in [0, 0.1) is 0 Å². The van der Waals surface area contributed by atoms with Crippen molar-refractivity contribution in [2.45, 2.75) is 18.0 Å². The van der Waals surface area contributed by atoms with Crippen molar-refractivity contribution in [3.05, 3.63) is 29.3 Å². The van der Waals surface area contributed by atoms with Gasteiger partial charge in [-0.15, -0.1) is 0 Å². The molecule has 1 fully saturated rings. The molecule has 1 heterocycles. The molecule has 7 heteroatoms. The molecular formula is C12H12F3NO3. The van der Waals surface area contributed by atoms with Crippen LogP contribution >= 0.6 is 0 Å². The maximum atomic E-state index is 12.7. The van der Waals surface area contributed by atoms with E-state index in [1.54, 1.807) is 0 Å². The second kappa shape index (κ2) is 4.41. The van der Waals surface area contributed by atoms with E-state index in [0.717, 1.165) is 18.2 Å². The molecule has 1 aliphatic rings. The van der Waals surface area contributed by atoms with Crippen molar-refractivity contribution in [3.63, 3.8) is 0 Å². The minimum Gasteiger partial charge on any atom is -0.481 e. The minimum atomic E-state index is -4.54. The van der Waals surface area contributed by atoms with Crippen LogP contribution in [0.15, 0.2) is 18.2 Å². The van der Waals surface area contributed by atoms with Gasteiger partial charge in [0.15, 0.2) is 0 Å². The Morgan fingerprint density at radius 2 is 2.11 bits per heavy atom. The number of nitrogens with two attached hydrogens (primary N) is 1. The van der Waals surface area contributed by atoms with Crippen molar-refractivity contribution >= 4 is 11.7 Å². The lowest BCUT2D eigenvalue weighted by molar-refractivity contribution is -0.144. The summed E-state index contributed by atoms with van der Waals surface area (Å²) >= 11 is 0. The van der Waals surface area contributed by atoms with E-state index in [1.165, 1.54) is 0 Å². The van der Waals surface area contributed by atoms with E-state index in [9.17, 15) is 23.1 Å². The monoisotopic (exact) mass is 275 g/mol. The smallest absolute Gasteiger partial charge is 0.416 e. The van der Waals surface area contributed by atoms with Crippen LogP contribution < -0.4 is 5.73 Å². The molecule has 0 saturated carbocycles. The molecule has 0 amide bonds. The van der Waals surface area contributed by atoms with E-state index in [-0.39, 0.29) is 30.9 Å². The van der Waals surface area contributed by atoms with Gasteiger partial charge in [-0.3, -0.25) is 4.79 Å². The Balaban J connectivity index is 2.57. The van der Waals surface area contributed by atoms with Gasteiger partial charge in [-0.05, 0) is 30.2 Å². The molecule has 19 heavy (non-hydrogen) atoms. The summed E-state index contributed by atoms with van der Waals surface area (Å²) in [6, 6.07) is 2.73. The van der Waals surface area contributed by atoms with E-state index < -0.39 is 23.1 Å². The summed E-state index contributed by atoms with van der Waals surface area (Å²) in [5.41, 5.74) is 3.24. The van der Waals surface area contributed by atoms with Gasteiger partial charge in [0.2, 0.25) is 0 Å². The fraction of sp³-hybridized carbons (Fsp3) is 0.417. The molecule has 1 unspecified atom stereocenters. The summed E-state index contributed by atoms with van der Waals surface area (Å²) in [7, 11) is 0. The van der Waals surface area contributed by atoms with Gasteiger partial charge in [0, 0.05) is 12.3 Å². The highest BCUT2D eigenvalue weighted by Gasteiger charge is 2.46. The average molecular weight is 275 g/mol. The standard InChI is InChI=1S/C12H12F3NO3/c13-12(14,15)7-1-2-9(16)8(5-7)11(10(17)18)3-4-19-6-11/h1-2,5H,3-4,6,16H2,(H,17,18). The molecule has 2 rings (SSSR count). The lowest BCUT2D eigenvalue weighted by Crippen LogP contribution is -2.37. The summed E-state index contributed by atoms with van der Waals surface area (Å²) in [4.78, 5) is 11.4. The van der Waals surface area contributed by atoms with Gasteiger partial charge in [-0.2, -0.15) is 13.2 Å². The average Bonchev–Trinajstić information content (AvgIpc) is 2.78. The predicted molar refractivity (Wildman–Crippen MR) is 60.6 cm³/mol. The van der Waals surface area contributed by atoms with Crippen molar-refractivity contribution in [2.24, 2.45) is 0 Å². The number of aliphatic carboxylic acids is 1. The first-order valence-corrected chi connectivity index (χ1v) is 5.56. The van der Waals surface area contributed by atoms with E-state index in [1.807, 2.05) is 0 Å². The first-order valence-electron chi connectivity index (χ1n) is 5.56. The Kier molecular flexibility index (Phi) is 3.17. The first kappa shape index (κ1) is 13.7. The second-order valence-electron chi connectivity index (χ2n) is 4.49. The number of hydrogen-bond donors (Lipinski definition) is 2. The van der Waals surface area contributed by atoms with Gasteiger partial charge in [-0.1, -0.05) is 0 Å². The summed E-state index contributed by atoms with van der Waals surface area (Å²) in [5.74, 6) is -1.23. The fourth-order valence-electron chi connectivity index (χ4n) is 2.21. The molecule has 0 spiro atoms. The Bertz CT molecular complexity index is 507. The number of nitrogen functional groups attached to an aromatic ring is 1. The van der Waals surface area contributed by atoms with Crippen molar-refractivity contribution < 1.29 is 27.8 Å². The maximum absolute atomic E-state index is 12.7. The second-order valence-corrected chi connectivity index (χ2v) is 4.49. The molecule has 104 valence electrons. The molecule has 4 nitrogen and oxygen atoms in total. The summed E-state index contributed by atoms with van der Waals surface area (Å²) < 4.78 is 43.1. The van der Waals surface area contributed by atoms with Crippen LogP contribution in [0.5, 0.6) is 0 Å². The number of carboxylic acids is 1. The molecule has 1 aliphatic heterocycles. The van der Waals surface area contributed by atoms with Gasteiger partial charge in [0.1, 0.15) is 5.41 Å². The molecule has 0 radical (unpaired) electrons. The third-order valence-corrected chi connectivity index (χ3v) is 3.33. The first-order chi connectivity index (χ1) is 8.77. The summed E-state index contributed by atoms with van der Waals surface area (Å²) in [6.07, 6.45) is -4.44. The van der Waals surface area contributed by atoms with E-state index in [2.05, 4.69) is 0 Å². The van der Waals surface area contributed by atoms with Gasteiger partial charge >= 0.3 is 12.1 Å². The third-order valence-electron chi connectivity index (χ3n) is 3.33. The highest BCUT2D eigenvalue weighted by molar-refractivity contribution is 5.84. The molecule has 1 saturated heterocycles. The molecule has 3 N–H and O–H groups in total. The Labute approximate surface area is 107 Å². The zero-order chi connectivity index (χ0) is 14.3. The number of carbonyl (C=O) groups is 1. The fourth-order valence-corrected chi connectivity index (χ4v) is 2.21. The van der Waals surface area contributed by atoms with Gasteiger partial charge in [-0.25, -0.2) is 0 Å². The van der Waals surface area contributed by atoms with Crippen LogP contribution in [0.2, 0.25) is 0 Å². The summed E-state index contributed by atoms with van der Waals surface area (Å²) in [6.45, 7) is 0.00975. The molecule has 1 aromatic rings. The predicted octanol–water partition coefficient (Wildman–Crippen LogP) is 2.03. The number of ether oxygens (including phenoxy) is 1. The molecule has 0 aliphatic carbocycles. The molecule has 1 atom stereocenters. The third kappa shape index (κ3) is 2.25. The SMILES string of the molecule is Nc1ccc(C(F)(F)F)cc1C1(C(=O)O)CCOC1. The van der Waals surface area contributed by atoms with Crippen LogP contribution in [-0.4, -0.2) is 24.3 Å². The number of rotatable bonds is 2. The number of alkyl halides is 3. The van der Waals surface area contributed by atoms with Crippen molar-refractivity contribution in [1.29, 1.82) is 0 Å². The number of halogens is 3. The zero-order valence-corrected chi connectivity index (χ0v) is 9.83. The Hall–Kier alpha value is -1.76. The highest BCUT2D eigenvalue weighted by atomic mass is 19.4. The van der Waals surface area contributed by atoms with Crippen LogP contribution in [-0.2, 0) is 21.1 Å². The van der Waals surface area contributed by atoms with Crippen LogP contribution in [0.4, 0.5) is 18.9 Å². The number of anilines is 1. The quantitative estimate of drug-likeness (QED) is 0.810. The lowest BCUT2D eigenvalue weighted by atomic mass is 9.78. The van der Waals surface area contributed by atoms with Crippen LogP contribution in [0.3, 0.4) is 0 Å². The van der Waals surface area contributed by atoms with Crippen molar-refractivity contribution in [1.82, 2.24) is 0 Å². The zero-order valence-electron chi connectivity index (χ0n) is 9.83. The summed E-state index contributed by atoms with van der Waals surface area (Å²) in [5, 5.41) is 9.32. The van der Waals surface area contributed by atoms with Gasteiger partial charge in [0.05, 0.1) is 12.2 Å². The van der Waals surface area contributed by atoms with E-state index in [0.29, 0.717) is 0 Å². The molecule has 0 bridgehead atoms. The number of benzene rings is 1. The molecular weight excluding hydrogens is 263 g/mol. The van der Waals surface area contributed by atoms with Gasteiger partial charge in [0.25, 0.3) is 0 Å². The molecule has 1 aromatic carbocycles. The Morgan fingerprint density at radius 1 is 1.42 bits per heavy atom. The van der Waals surface area contributed by atoms with E-state index in [4.69, 9.17) is 10.5 Å². The van der Waals surface area contributed by atoms with Crippen LogP contribution in [0.1, 0.15) is 17.5 Å². The van der Waals surface area contributed by atoms with E-state index >= 15 is 0 Å². The largest absolute Gasteiger partial charge is 0.481 e. The highest BCUT2D eigenvalue weighted by Crippen LogP contribution is 2.40. The minimum absolute atomic E-state index is 0.0286. The maximum Gasteiger partial charge on any atom is 0.416 e. The number of hydrogen-bond acceptors (Lipinski definition) is 3. The number of carboxylic acid groups (broad SMARTS) is 1. The normalized spacial score (nSPS) is 23.5. The van der Waals surface area contributed by atoms with Crippen LogP contribution in [0.25, 0.3) is 0 Å².